The highest BCUT2D eigenvalue weighted by Crippen LogP contribution is 2.16. The smallest absolute Gasteiger partial charge is 0.269 e. The minimum Gasteiger partial charge on any atom is -0.381 e. The summed E-state index contributed by atoms with van der Waals surface area (Å²) in [4.78, 5) is 9.90. The van der Waals surface area contributed by atoms with Crippen molar-refractivity contribution in [3.8, 4) is 0 Å². The van der Waals surface area contributed by atoms with Gasteiger partial charge in [-0.15, -0.1) is 0 Å². The quantitative estimate of drug-likeness (QED) is 0.622. The second-order valence-corrected chi connectivity index (χ2v) is 5.77. The number of nitro groups is 1. The van der Waals surface area contributed by atoms with E-state index >= 15 is 0 Å². The van der Waals surface area contributed by atoms with Crippen LogP contribution in [0, 0.1) is 16.0 Å². The monoisotopic (exact) mass is 272 g/mol. The lowest BCUT2D eigenvalue weighted by atomic mass is 10.1. The minimum absolute atomic E-state index is 0.0216. The summed E-state index contributed by atoms with van der Waals surface area (Å²) in [6.45, 7) is 1.44. The lowest BCUT2D eigenvalue weighted by Gasteiger charge is -2.25. The Kier molecular flexibility index (Phi) is 3.60. The third-order valence-electron chi connectivity index (χ3n) is 2.63. The van der Waals surface area contributed by atoms with Crippen LogP contribution in [0.5, 0.6) is 0 Å². The molecule has 0 saturated carbocycles. The van der Waals surface area contributed by atoms with E-state index in [1.807, 2.05) is 0 Å². The molecule has 7 nitrogen and oxygen atoms in total. The van der Waals surface area contributed by atoms with Gasteiger partial charge < -0.3 is 4.74 Å². The number of non-ortho nitro benzene ring substituents is 1. The fraction of sp³-hybridized carbons (Fsp3) is 0.400. The Morgan fingerprint density at radius 1 is 1.33 bits per heavy atom. The summed E-state index contributed by atoms with van der Waals surface area (Å²) in [5, 5.41) is 10.4. The van der Waals surface area contributed by atoms with Crippen molar-refractivity contribution in [3.63, 3.8) is 0 Å². The average molecular weight is 272 g/mol. The second-order valence-electron chi connectivity index (χ2n) is 4.01. The normalized spacial score (nSPS) is 16.2. The standard InChI is InChI=1S/C10H12N2O5S/c13-12(14)9-1-3-10(4-2-9)18(15,16)11-5-8-6-17-7-8/h1-4,8,11H,5-7H2. The van der Waals surface area contributed by atoms with Crippen LogP contribution in [-0.2, 0) is 14.8 Å². The largest absolute Gasteiger partial charge is 0.381 e. The molecular weight excluding hydrogens is 260 g/mol. The predicted octanol–water partition coefficient (Wildman–Crippen LogP) is 0.519. The molecule has 0 amide bonds. The van der Waals surface area contributed by atoms with E-state index in [1.165, 1.54) is 24.3 Å². The Morgan fingerprint density at radius 2 is 1.94 bits per heavy atom. The Labute approximate surface area is 104 Å². The molecule has 0 radical (unpaired) electrons. The van der Waals surface area contributed by atoms with Crippen LogP contribution in [0.25, 0.3) is 0 Å². The number of nitro benzene ring substituents is 1. The molecule has 1 aromatic rings. The summed E-state index contributed by atoms with van der Waals surface area (Å²) < 4.78 is 31.1. The zero-order valence-electron chi connectivity index (χ0n) is 9.40. The zero-order valence-corrected chi connectivity index (χ0v) is 10.2. The van der Waals surface area contributed by atoms with Crippen LogP contribution < -0.4 is 4.72 Å². The third-order valence-corrected chi connectivity index (χ3v) is 4.07. The fourth-order valence-electron chi connectivity index (χ4n) is 1.46. The SMILES string of the molecule is O=[N+]([O-])c1ccc(S(=O)(=O)NCC2COC2)cc1. The number of sulfonamides is 1. The summed E-state index contributed by atoms with van der Waals surface area (Å²) in [5.74, 6) is 0.206. The highest BCUT2D eigenvalue weighted by Gasteiger charge is 2.22. The van der Waals surface area contributed by atoms with Crippen molar-refractivity contribution < 1.29 is 18.1 Å². The number of hydrogen-bond acceptors (Lipinski definition) is 5. The highest BCUT2D eigenvalue weighted by molar-refractivity contribution is 7.89. The number of ether oxygens (including phenoxy) is 1. The van der Waals surface area contributed by atoms with Gasteiger partial charge in [0.25, 0.3) is 5.69 Å². The molecule has 2 rings (SSSR count). The molecule has 1 aromatic carbocycles. The molecule has 8 heteroatoms. The highest BCUT2D eigenvalue weighted by atomic mass is 32.2. The average Bonchev–Trinajstić information content (AvgIpc) is 2.27. The Bertz CT molecular complexity index is 536. The van der Waals surface area contributed by atoms with Crippen molar-refractivity contribution in [2.75, 3.05) is 19.8 Å². The van der Waals surface area contributed by atoms with Gasteiger partial charge in [-0.25, -0.2) is 13.1 Å². The lowest BCUT2D eigenvalue weighted by molar-refractivity contribution is -0.384. The fourth-order valence-corrected chi connectivity index (χ4v) is 2.58. The minimum atomic E-state index is -3.60. The van der Waals surface area contributed by atoms with Crippen LogP contribution in [0.1, 0.15) is 0 Å². The first-order valence-electron chi connectivity index (χ1n) is 5.31. The predicted molar refractivity (Wildman–Crippen MR) is 62.6 cm³/mol. The van der Waals surface area contributed by atoms with Crippen LogP contribution in [0.3, 0.4) is 0 Å². The van der Waals surface area contributed by atoms with Gasteiger partial charge in [-0.3, -0.25) is 10.1 Å². The molecule has 0 bridgehead atoms. The van der Waals surface area contributed by atoms with Crippen molar-refractivity contribution >= 4 is 15.7 Å². The van der Waals surface area contributed by atoms with E-state index in [9.17, 15) is 18.5 Å². The molecule has 1 heterocycles. The van der Waals surface area contributed by atoms with Gasteiger partial charge in [0.05, 0.1) is 23.0 Å². The van der Waals surface area contributed by atoms with Gasteiger partial charge in [0.15, 0.2) is 0 Å². The molecule has 1 N–H and O–H groups in total. The van der Waals surface area contributed by atoms with E-state index in [0.29, 0.717) is 19.8 Å². The first kappa shape index (κ1) is 12.9. The summed E-state index contributed by atoms with van der Waals surface area (Å²) in [6.07, 6.45) is 0. The lowest BCUT2D eigenvalue weighted by Crippen LogP contribution is -2.39. The van der Waals surface area contributed by atoms with Crippen molar-refractivity contribution in [3.05, 3.63) is 34.4 Å². The number of hydrogen-bond donors (Lipinski definition) is 1. The maximum atomic E-state index is 11.8. The molecule has 0 spiro atoms. The Hall–Kier alpha value is -1.51. The van der Waals surface area contributed by atoms with Crippen molar-refractivity contribution in [1.82, 2.24) is 4.72 Å². The third kappa shape index (κ3) is 2.84. The van der Waals surface area contributed by atoms with Crippen LogP contribution in [0.4, 0.5) is 5.69 Å². The van der Waals surface area contributed by atoms with Crippen molar-refractivity contribution in [2.24, 2.45) is 5.92 Å². The summed E-state index contributed by atoms with van der Waals surface area (Å²) in [6, 6.07) is 4.78. The molecule has 18 heavy (non-hydrogen) atoms. The molecule has 98 valence electrons. The van der Waals surface area contributed by atoms with Crippen LogP contribution in [0.15, 0.2) is 29.2 Å². The van der Waals surface area contributed by atoms with Gasteiger partial charge in [-0.1, -0.05) is 0 Å². The molecule has 0 aliphatic carbocycles. The van der Waals surface area contributed by atoms with Crippen LogP contribution >= 0.6 is 0 Å². The molecule has 1 aliphatic rings. The Morgan fingerprint density at radius 3 is 2.39 bits per heavy atom. The van der Waals surface area contributed by atoms with Crippen molar-refractivity contribution in [2.45, 2.75) is 4.90 Å². The number of nitrogens with zero attached hydrogens (tertiary/aromatic N) is 1. The van der Waals surface area contributed by atoms with Gasteiger partial charge >= 0.3 is 0 Å². The van der Waals surface area contributed by atoms with Gasteiger partial charge in [-0.05, 0) is 12.1 Å². The molecular formula is C10H12N2O5S. The molecule has 0 aromatic heterocycles. The molecule has 0 atom stereocenters. The molecule has 1 fully saturated rings. The van der Waals surface area contributed by atoms with Gasteiger partial charge in [0, 0.05) is 24.6 Å². The Balaban J connectivity index is 2.06. The first-order valence-corrected chi connectivity index (χ1v) is 6.79. The van der Waals surface area contributed by atoms with E-state index < -0.39 is 14.9 Å². The first-order chi connectivity index (χ1) is 8.49. The van der Waals surface area contributed by atoms with E-state index in [4.69, 9.17) is 4.74 Å². The van der Waals surface area contributed by atoms with E-state index in [0.717, 1.165) is 0 Å². The number of nitrogens with one attached hydrogen (secondary N) is 1. The summed E-state index contributed by atoms with van der Waals surface area (Å²) >= 11 is 0. The van der Waals surface area contributed by atoms with Crippen LogP contribution in [0.2, 0.25) is 0 Å². The molecule has 0 unspecified atom stereocenters. The number of benzene rings is 1. The van der Waals surface area contributed by atoms with E-state index in [-0.39, 0.29) is 16.5 Å². The summed E-state index contributed by atoms with van der Waals surface area (Å²) in [5.41, 5.74) is -0.138. The molecule has 1 saturated heterocycles. The van der Waals surface area contributed by atoms with E-state index in [1.54, 1.807) is 0 Å². The van der Waals surface area contributed by atoms with Gasteiger partial charge in [-0.2, -0.15) is 0 Å². The van der Waals surface area contributed by atoms with Gasteiger partial charge in [0.2, 0.25) is 10.0 Å². The zero-order chi connectivity index (χ0) is 13.2. The maximum absolute atomic E-state index is 11.8. The maximum Gasteiger partial charge on any atom is 0.269 e. The van der Waals surface area contributed by atoms with Crippen molar-refractivity contribution in [1.29, 1.82) is 0 Å². The topological polar surface area (TPSA) is 98.5 Å². The second kappa shape index (κ2) is 5.01. The van der Waals surface area contributed by atoms with Gasteiger partial charge in [0.1, 0.15) is 0 Å². The number of rotatable bonds is 5. The molecule has 1 aliphatic heterocycles. The van der Waals surface area contributed by atoms with E-state index in [2.05, 4.69) is 4.72 Å². The summed E-state index contributed by atoms with van der Waals surface area (Å²) in [7, 11) is -3.60. The van der Waals surface area contributed by atoms with Crippen LogP contribution in [-0.4, -0.2) is 33.1 Å².